The number of hydrogen-bond donors (Lipinski definition) is 0. The Morgan fingerprint density at radius 1 is 0.909 bits per heavy atom. The van der Waals surface area contributed by atoms with Gasteiger partial charge in [0, 0.05) is 17.4 Å². The van der Waals surface area contributed by atoms with Crippen molar-refractivity contribution in [1.82, 2.24) is 4.57 Å². The minimum absolute atomic E-state index is 0.266. The van der Waals surface area contributed by atoms with E-state index < -0.39 is 12.3 Å². The van der Waals surface area contributed by atoms with Gasteiger partial charge in [-0.05, 0) is 60.9 Å². The molecule has 0 atom stereocenters. The maximum absolute atomic E-state index is 12.6. The van der Waals surface area contributed by atoms with Crippen molar-refractivity contribution >= 4 is 16.9 Å². The van der Waals surface area contributed by atoms with Crippen LogP contribution >= 0.6 is 0 Å². The molecule has 0 spiro atoms. The van der Waals surface area contributed by atoms with Crippen LogP contribution in [0.4, 0.5) is 13.2 Å². The molecule has 4 aromatic rings. The van der Waals surface area contributed by atoms with Crippen LogP contribution in [0, 0.1) is 6.92 Å². The number of halogens is 3. The molecule has 3 aromatic carbocycles. The number of carbonyl (C=O) groups excluding carboxylic acids is 1. The molecule has 0 unspecified atom stereocenters. The molecule has 0 aliphatic heterocycles. The molecule has 0 saturated carbocycles. The van der Waals surface area contributed by atoms with E-state index in [4.69, 9.17) is 4.74 Å². The second-order valence-corrected chi connectivity index (χ2v) is 7.67. The minimum Gasteiger partial charge on any atom is -0.461 e. The van der Waals surface area contributed by atoms with Crippen LogP contribution < -0.4 is 4.74 Å². The summed E-state index contributed by atoms with van der Waals surface area (Å²) < 4.78 is 48.4. The largest absolute Gasteiger partial charge is 0.573 e. The zero-order chi connectivity index (χ0) is 23.6. The summed E-state index contributed by atoms with van der Waals surface area (Å²) in [7, 11) is 0. The predicted octanol–water partition coefficient (Wildman–Crippen LogP) is 6.74. The van der Waals surface area contributed by atoms with Gasteiger partial charge in [-0.15, -0.1) is 13.2 Å². The molecule has 0 aliphatic carbocycles. The van der Waals surface area contributed by atoms with Crippen molar-refractivity contribution < 1.29 is 27.4 Å². The van der Waals surface area contributed by atoms with Crippen LogP contribution in [0.1, 0.15) is 28.5 Å². The molecule has 0 fully saturated rings. The number of aromatic nitrogens is 1. The molecule has 0 bridgehead atoms. The summed E-state index contributed by atoms with van der Waals surface area (Å²) in [6, 6.07) is 21.3. The second-order valence-electron chi connectivity index (χ2n) is 7.67. The number of carbonyl (C=O) groups is 1. The molecular formula is C26H22F3NO3. The van der Waals surface area contributed by atoms with E-state index in [1.807, 2.05) is 54.0 Å². The summed E-state index contributed by atoms with van der Waals surface area (Å²) in [5.41, 5.74) is 5.04. The van der Waals surface area contributed by atoms with Gasteiger partial charge in [0.05, 0.1) is 6.61 Å². The van der Waals surface area contributed by atoms with E-state index >= 15 is 0 Å². The predicted molar refractivity (Wildman–Crippen MR) is 120 cm³/mol. The quantitative estimate of drug-likeness (QED) is 0.304. The number of benzene rings is 3. The lowest BCUT2D eigenvalue weighted by Crippen LogP contribution is -2.16. The van der Waals surface area contributed by atoms with Gasteiger partial charge in [0.2, 0.25) is 0 Å². The third-order valence-electron chi connectivity index (χ3n) is 5.27. The van der Waals surface area contributed by atoms with Crippen molar-refractivity contribution in [2.45, 2.75) is 26.8 Å². The van der Waals surface area contributed by atoms with Crippen LogP contribution in [0.15, 0.2) is 72.8 Å². The van der Waals surface area contributed by atoms with Gasteiger partial charge in [0.15, 0.2) is 0 Å². The number of esters is 1. The maximum Gasteiger partial charge on any atom is 0.573 e. The molecule has 4 nitrogen and oxygen atoms in total. The van der Waals surface area contributed by atoms with Crippen molar-refractivity contribution in [1.29, 1.82) is 0 Å². The summed E-state index contributed by atoms with van der Waals surface area (Å²) in [5.74, 6) is -0.683. The zero-order valence-corrected chi connectivity index (χ0v) is 18.1. The first kappa shape index (κ1) is 22.5. The molecule has 0 amide bonds. The Bertz CT molecular complexity index is 1270. The highest BCUT2D eigenvalue weighted by atomic mass is 19.4. The first-order chi connectivity index (χ1) is 15.7. The van der Waals surface area contributed by atoms with Gasteiger partial charge in [-0.1, -0.05) is 48.0 Å². The average molecular weight is 453 g/mol. The molecule has 0 aliphatic rings. The molecule has 0 saturated heterocycles. The average Bonchev–Trinajstić information content (AvgIpc) is 3.12. The molecule has 33 heavy (non-hydrogen) atoms. The van der Waals surface area contributed by atoms with E-state index in [9.17, 15) is 18.0 Å². The monoisotopic (exact) mass is 453 g/mol. The van der Waals surface area contributed by atoms with Crippen LogP contribution in [-0.2, 0) is 11.3 Å². The highest BCUT2D eigenvalue weighted by Crippen LogP contribution is 2.30. The molecular weight excluding hydrogens is 431 g/mol. The number of ether oxygens (including phenoxy) is 2. The molecule has 4 rings (SSSR count). The second kappa shape index (κ2) is 9.02. The van der Waals surface area contributed by atoms with E-state index in [0.717, 1.165) is 33.2 Å². The fourth-order valence-electron chi connectivity index (χ4n) is 3.72. The number of fused-ring (bicyclic) bond motifs is 1. The summed E-state index contributed by atoms with van der Waals surface area (Å²) >= 11 is 0. The molecule has 1 heterocycles. The van der Waals surface area contributed by atoms with Crippen LogP contribution in [-0.4, -0.2) is 23.5 Å². The summed E-state index contributed by atoms with van der Waals surface area (Å²) in [4.78, 5) is 12.6. The lowest BCUT2D eigenvalue weighted by molar-refractivity contribution is -0.274. The molecule has 1 aromatic heterocycles. The van der Waals surface area contributed by atoms with Crippen LogP contribution in [0.2, 0.25) is 0 Å². The number of rotatable bonds is 6. The fourth-order valence-corrected chi connectivity index (χ4v) is 3.72. The topological polar surface area (TPSA) is 40.5 Å². The highest BCUT2D eigenvalue weighted by Gasteiger charge is 2.31. The van der Waals surface area contributed by atoms with Crippen LogP contribution in [0.5, 0.6) is 5.75 Å². The van der Waals surface area contributed by atoms with Crippen molar-refractivity contribution in [3.8, 4) is 16.9 Å². The van der Waals surface area contributed by atoms with Crippen LogP contribution in [0.3, 0.4) is 0 Å². The van der Waals surface area contributed by atoms with E-state index in [0.29, 0.717) is 12.2 Å². The lowest BCUT2D eigenvalue weighted by atomic mass is 10.0. The van der Waals surface area contributed by atoms with Gasteiger partial charge in [0.1, 0.15) is 11.4 Å². The Kier molecular flexibility index (Phi) is 6.14. The Morgan fingerprint density at radius 3 is 2.21 bits per heavy atom. The van der Waals surface area contributed by atoms with Crippen molar-refractivity contribution in [2.75, 3.05) is 6.61 Å². The number of nitrogens with zero attached hydrogens (tertiary/aromatic N) is 1. The minimum atomic E-state index is -4.73. The third-order valence-corrected chi connectivity index (χ3v) is 5.27. The van der Waals surface area contributed by atoms with Gasteiger partial charge in [0.25, 0.3) is 0 Å². The van der Waals surface area contributed by atoms with Crippen molar-refractivity contribution in [3.63, 3.8) is 0 Å². The molecule has 0 radical (unpaired) electrons. The summed E-state index contributed by atoms with van der Waals surface area (Å²) in [6.07, 6.45) is -4.73. The summed E-state index contributed by atoms with van der Waals surface area (Å²) in [6.45, 7) is 4.54. The van der Waals surface area contributed by atoms with Crippen LogP contribution in [0.25, 0.3) is 22.0 Å². The zero-order valence-electron chi connectivity index (χ0n) is 18.1. The third kappa shape index (κ3) is 5.19. The molecule has 7 heteroatoms. The number of alkyl halides is 3. The smallest absolute Gasteiger partial charge is 0.461 e. The number of aryl methyl sites for hydroxylation is 1. The van der Waals surface area contributed by atoms with Gasteiger partial charge in [-0.3, -0.25) is 0 Å². The Morgan fingerprint density at radius 2 is 1.58 bits per heavy atom. The van der Waals surface area contributed by atoms with E-state index in [2.05, 4.69) is 4.74 Å². The van der Waals surface area contributed by atoms with Crippen molar-refractivity contribution in [2.24, 2.45) is 0 Å². The Balaban J connectivity index is 1.71. The van der Waals surface area contributed by atoms with Gasteiger partial charge < -0.3 is 14.0 Å². The van der Waals surface area contributed by atoms with Gasteiger partial charge in [-0.25, -0.2) is 4.79 Å². The summed E-state index contributed by atoms with van der Waals surface area (Å²) in [5, 5.41) is 0.832. The van der Waals surface area contributed by atoms with E-state index in [-0.39, 0.29) is 12.4 Å². The van der Waals surface area contributed by atoms with E-state index in [1.165, 1.54) is 12.1 Å². The Labute approximate surface area is 189 Å². The number of hydrogen-bond acceptors (Lipinski definition) is 3. The van der Waals surface area contributed by atoms with Crippen molar-refractivity contribution in [3.05, 3.63) is 89.6 Å². The highest BCUT2D eigenvalue weighted by molar-refractivity contribution is 5.97. The first-order valence-corrected chi connectivity index (χ1v) is 10.5. The first-order valence-electron chi connectivity index (χ1n) is 10.5. The lowest BCUT2D eigenvalue weighted by Gasteiger charge is -2.11. The molecule has 0 N–H and O–H groups in total. The SMILES string of the molecule is CCOC(=O)c1cc2cc(-c3ccc(OC(F)(F)F)cc3)ccc2n1Cc1ccc(C)cc1. The van der Waals surface area contributed by atoms with Gasteiger partial charge >= 0.3 is 12.3 Å². The standard InChI is InChI=1S/C26H22F3NO3/c1-3-32-25(31)24-15-21-14-20(19-8-11-22(12-9-19)33-26(27,28)29)10-13-23(21)30(24)16-18-6-4-17(2)5-7-18/h4-15H,3,16H2,1-2H3. The maximum atomic E-state index is 12.6. The molecule has 170 valence electrons. The normalized spacial score (nSPS) is 11.5. The fraction of sp³-hybridized carbons (Fsp3) is 0.192. The van der Waals surface area contributed by atoms with Gasteiger partial charge in [-0.2, -0.15) is 0 Å². The van der Waals surface area contributed by atoms with E-state index in [1.54, 1.807) is 25.1 Å². The Hall–Kier alpha value is -3.74.